The van der Waals surface area contributed by atoms with Gasteiger partial charge in [-0.2, -0.15) is 0 Å². The van der Waals surface area contributed by atoms with Crippen molar-refractivity contribution in [1.82, 2.24) is 0 Å². The Labute approximate surface area is 240 Å². The summed E-state index contributed by atoms with van der Waals surface area (Å²) in [5.41, 5.74) is 0. The van der Waals surface area contributed by atoms with Crippen LogP contribution < -0.4 is 0 Å². The van der Waals surface area contributed by atoms with Crippen LogP contribution in [0.5, 0.6) is 0 Å². The Bertz CT molecular complexity index is 1060. The van der Waals surface area contributed by atoms with Crippen LogP contribution in [-0.2, 0) is 52.6 Å². The van der Waals surface area contributed by atoms with E-state index in [1.54, 1.807) is 13.8 Å². The van der Waals surface area contributed by atoms with Gasteiger partial charge in [0.2, 0.25) is 17.3 Å². The summed E-state index contributed by atoms with van der Waals surface area (Å²) in [6, 6.07) is 0. The number of ketones is 8. The van der Waals surface area contributed by atoms with Gasteiger partial charge in [0.1, 0.15) is 5.78 Å². The first-order valence-electron chi connectivity index (χ1n) is 11.0. The van der Waals surface area contributed by atoms with Crippen LogP contribution in [0.3, 0.4) is 0 Å². The van der Waals surface area contributed by atoms with Gasteiger partial charge in [-0.05, 0) is 27.7 Å². The number of hydrogen-bond donors (Lipinski definition) is 2. The SMILES string of the molecule is C.C.CC(=O)/C=C(\O)C(C)=O.CC(=O)/C=C1\OC(C)(C)OC1=O.CC(=O)C=C(O)C(C)=O.CC(=O)CC(=O)C(C)=O. The van der Waals surface area contributed by atoms with E-state index in [9.17, 15) is 43.2 Å². The van der Waals surface area contributed by atoms with Gasteiger partial charge in [-0.1, -0.05) is 14.9 Å². The van der Waals surface area contributed by atoms with Crippen LogP contribution in [0.25, 0.3) is 0 Å². The fourth-order valence-corrected chi connectivity index (χ4v) is 1.81. The Kier molecular flexibility index (Phi) is 25.2. The number of aliphatic hydroxyl groups excluding tert-OH is 2. The van der Waals surface area contributed by atoms with E-state index in [-0.39, 0.29) is 50.2 Å². The normalized spacial score (nSPS) is 13.7. The van der Waals surface area contributed by atoms with Crippen LogP contribution in [0.1, 0.15) is 83.6 Å². The molecule has 1 saturated heterocycles. The predicted molar refractivity (Wildman–Crippen MR) is 149 cm³/mol. The van der Waals surface area contributed by atoms with Crippen molar-refractivity contribution in [1.29, 1.82) is 0 Å². The summed E-state index contributed by atoms with van der Waals surface area (Å²) in [5.74, 6) is -5.84. The monoisotopic (exact) mass is 586 g/mol. The van der Waals surface area contributed by atoms with Crippen LogP contribution >= 0.6 is 0 Å². The van der Waals surface area contributed by atoms with E-state index < -0.39 is 46.4 Å². The molecule has 0 amide bonds. The molecule has 0 radical (unpaired) electrons. The highest BCUT2D eigenvalue weighted by atomic mass is 16.8. The van der Waals surface area contributed by atoms with Crippen molar-refractivity contribution in [2.45, 2.75) is 89.4 Å². The molecule has 0 aromatic rings. The number of carbonyl (C=O) groups excluding carboxylic acids is 9. The lowest BCUT2D eigenvalue weighted by Crippen LogP contribution is -2.19. The molecule has 1 rings (SSSR count). The van der Waals surface area contributed by atoms with Crippen molar-refractivity contribution in [3.63, 3.8) is 0 Å². The van der Waals surface area contributed by atoms with E-state index in [4.69, 9.17) is 19.7 Å². The molecule has 1 aliphatic heterocycles. The van der Waals surface area contributed by atoms with E-state index in [1.807, 2.05) is 0 Å². The largest absolute Gasteiger partial charge is 0.504 e. The number of hydrogen-bond acceptors (Lipinski definition) is 13. The van der Waals surface area contributed by atoms with Gasteiger partial charge in [-0.15, -0.1) is 0 Å². The molecule has 232 valence electrons. The average molecular weight is 587 g/mol. The highest BCUT2D eigenvalue weighted by molar-refractivity contribution is 6.39. The highest BCUT2D eigenvalue weighted by Crippen LogP contribution is 2.25. The van der Waals surface area contributed by atoms with Crippen LogP contribution in [0, 0.1) is 0 Å². The Morgan fingerprint density at radius 2 is 1.02 bits per heavy atom. The van der Waals surface area contributed by atoms with E-state index >= 15 is 0 Å². The molecule has 0 spiro atoms. The summed E-state index contributed by atoms with van der Waals surface area (Å²) in [6.45, 7) is 11.9. The molecule has 1 fully saturated rings. The lowest BCUT2D eigenvalue weighted by Gasteiger charge is -2.13. The van der Waals surface area contributed by atoms with Crippen molar-refractivity contribution in [3.05, 3.63) is 35.5 Å². The van der Waals surface area contributed by atoms with Crippen molar-refractivity contribution in [3.8, 4) is 0 Å². The fourth-order valence-electron chi connectivity index (χ4n) is 1.81. The molecule has 0 aliphatic carbocycles. The van der Waals surface area contributed by atoms with Gasteiger partial charge >= 0.3 is 5.97 Å². The van der Waals surface area contributed by atoms with Crippen LogP contribution in [0.15, 0.2) is 35.5 Å². The fraction of sp³-hybridized carbons (Fsp3) is 0.464. The number of rotatable bonds is 8. The number of ether oxygens (including phenoxy) is 2. The summed E-state index contributed by atoms with van der Waals surface area (Å²) in [7, 11) is 0. The summed E-state index contributed by atoms with van der Waals surface area (Å²) < 4.78 is 9.82. The van der Waals surface area contributed by atoms with Crippen molar-refractivity contribution < 1.29 is 62.8 Å². The topological polar surface area (TPSA) is 213 Å². The minimum Gasteiger partial charge on any atom is -0.504 e. The smallest absolute Gasteiger partial charge is 0.377 e. The standard InChI is InChI=1S/C8H10O4.3C6H8O3.2CH4/c1-5(9)4-6-7(10)12-8(2,3)11-6;3*1-4(7)3-6(9)5(2)8;;/h4H,1-3H3;3H2,1-2H3;2*3,9H,1-2H3;2*1H4/b6-4-;;6-3-;;;. The lowest BCUT2D eigenvalue weighted by atomic mass is 10.2. The van der Waals surface area contributed by atoms with Gasteiger partial charge in [0.15, 0.2) is 46.2 Å². The summed E-state index contributed by atoms with van der Waals surface area (Å²) in [6.07, 6.45) is 2.65. The summed E-state index contributed by atoms with van der Waals surface area (Å²) >= 11 is 0. The molecule has 2 N–H and O–H groups in total. The number of allylic oxidation sites excluding steroid dienone is 5. The molecule has 1 aliphatic rings. The summed E-state index contributed by atoms with van der Waals surface area (Å²) in [4.78, 5) is 93.1. The second kappa shape index (κ2) is 22.3. The maximum atomic E-state index is 11.0. The van der Waals surface area contributed by atoms with Crippen molar-refractivity contribution >= 4 is 52.2 Å². The molecular formula is C28H42O13. The number of esters is 1. The first kappa shape index (κ1) is 46.3. The number of Topliss-reactive ketones (excluding diaryl/α,β-unsaturated/α-hetero) is 5. The molecular weight excluding hydrogens is 544 g/mol. The van der Waals surface area contributed by atoms with Gasteiger partial charge in [0.25, 0.3) is 0 Å². The maximum Gasteiger partial charge on any atom is 0.377 e. The van der Waals surface area contributed by atoms with Gasteiger partial charge in [0.05, 0.1) is 6.42 Å². The minimum absolute atomic E-state index is 0. The van der Waals surface area contributed by atoms with Crippen LogP contribution in [0.2, 0.25) is 0 Å². The van der Waals surface area contributed by atoms with Crippen LogP contribution in [-0.4, -0.2) is 68.2 Å². The second-order valence-corrected chi connectivity index (χ2v) is 8.26. The average Bonchev–Trinajstić information content (AvgIpc) is 2.98. The molecule has 0 bridgehead atoms. The predicted octanol–water partition coefficient (Wildman–Crippen LogP) is 3.38. The summed E-state index contributed by atoms with van der Waals surface area (Å²) in [5, 5.41) is 17.2. The first-order chi connectivity index (χ1) is 17.5. The highest BCUT2D eigenvalue weighted by Gasteiger charge is 2.37. The maximum absolute atomic E-state index is 11.0. The zero-order chi connectivity index (χ0) is 31.7. The molecule has 1 heterocycles. The van der Waals surface area contributed by atoms with E-state index in [2.05, 4.69) is 0 Å². The Morgan fingerprint density at radius 1 is 0.659 bits per heavy atom. The Morgan fingerprint density at radius 3 is 1.17 bits per heavy atom. The molecule has 0 saturated carbocycles. The van der Waals surface area contributed by atoms with Crippen LogP contribution in [0.4, 0.5) is 0 Å². The van der Waals surface area contributed by atoms with E-state index in [0.717, 1.165) is 25.2 Å². The van der Waals surface area contributed by atoms with Gasteiger partial charge in [-0.25, -0.2) is 4.79 Å². The molecule has 41 heavy (non-hydrogen) atoms. The zero-order valence-corrected chi connectivity index (χ0v) is 23.3. The van der Waals surface area contributed by atoms with E-state index in [0.29, 0.717) is 0 Å². The van der Waals surface area contributed by atoms with Gasteiger partial charge in [0, 0.05) is 52.8 Å². The number of cyclic esters (lactones) is 1. The van der Waals surface area contributed by atoms with Crippen molar-refractivity contribution in [2.24, 2.45) is 0 Å². The Balaban J connectivity index is -0.000000140. The molecule has 0 atom stereocenters. The third-order valence-electron chi connectivity index (χ3n) is 3.43. The quantitative estimate of drug-likeness (QED) is 0.137. The molecule has 13 heteroatoms. The Hall–Kier alpha value is -4.55. The third-order valence-corrected chi connectivity index (χ3v) is 3.43. The van der Waals surface area contributed by atoms with Crippen molar-refractivity contribution in [2.75, 3.05) is 0 Å². The van der Waals surface area contributed by atoms with E-state index in [1.165, 1.54) is 41.5 Å². The van der Waals surface area contributed by atoms with Gasteiger partial charge in [-0.3, -0.25) is 38.4 Å². The molecule has 0 unspecified atom stereocenters. The zero-order valence-electron chi connectivity index (χ0n) is 23.3. The molecule has 13 nitrogen and oxygen atoms in total. The molecule has 0 aromatic heterocycles. The third kappa shape index (κ3) is 28.3. The minimum atomic E-state index is -0.946. The lowest BCUT2D eigenvalue weighted by molar-refractivity contribution is -0.159. The molecule has 0 aromatic carbocycles. The first-order valence-corrected chi connectivity index (χ1v) is 11.0. The number of aliphatic hydroxyl groups is 2. The van der Waals surface area contributed by atoms with Gasteiger partial charge < -0.3 is 19.7 Å². The second-order valence-electron chi connectivity index (χ2n) is 8.26. The number of carbonyl (C=O) groups is 9.